The summed E-state index contributed by atoms with van der Waals surface area (Å²) in [7, 11) is 0. The maximum absolute atomic E-state index is 5.68. The molecule has 3 rings (SSSR count). The third-order valence-electron chi connectivity index (χ3n) is 5.14. The highest BCUT2D eigenvalue weighted by atomic mass is 16.5. The molecular weight excluding hydrogens is 236 g/mol. The SMILES string of the molecule is CC1CN(CC2(CNC3CC3)CCCCC2)CCO1. The van der Waals surface area contributed by atoms with Crippen LogP contribution < -0.4 is 5.32 Å². The lowest BCUT2D eigenvalue weighted by Gasteiger charge is -2.43. The van der Waals surface area contributed by atoms with Crippen molar-refractivity contribution in [1.29, 1.82) is 0 Å². The predicted octanol–water partition coefficient (Wildman–Crippen LogP) is 2.41. The summed E-state index contributed by atoms with van der Waals surface area (Å²) in [4.78, 5) is 2.66. The van der Waals surface area contributed by atoms with Crippen molar-refractivity contribution in [2.45, 2.75) is 64.0 Å². The van der Waals surface area contributed by atoms with Crippen LogP contribution in [-0.2, 0) is 4.74 Å². The van der Waals surface area contributed by atoms with E-state index in [1.807, 2.05) is 0 Å². The van der Waals surface area contributed by atoms with Crippen LogP contribution >= 0.6 is 0 Å². The Morgan fingerprint density at radius 2 is 2.00 bits per heavy atom. The van der Waals surface area contributed by atoms with Crippen molar-refractivity contribution >= 4 is 0 Å². The van der Waals surface area contributed by atoms with E-state index in [2.05, 4.69) is 17.1 Å². The lowest BCUT2D eigenvalue weighted by atomic mass is 9.73. The summed E-state index contributed by atoms with van der Waals surface area (Å²) in [6.07, 6.45) is 10.4. The number of nitrogens with zero attached hydrogens (tertiary/aromatic N) is 1. The van der Waals surface area contributed by atoms with E-state index >= 15 is 0 Å². The third-order valence-corrected chi connectivity index (χ3v) is 5.14. The number of hydrogen-bond donors (Lipinski definition) is 1. The second-order valence-corrected chi connectivity index (χ2v) is 7.13. The van der Waals surface area contributed by atoms with Crippen LogP contribution in [0.3, 0.4) is 0 Å². The van der Waals surface area contributed by atoms with Crippen LogP contribution in [0.1, 0.15) is 51.9 Å². The number of morpholine rings is 1. The number of hydrogen-bond acceptors (Lipinski definition) is 3. The predicted molar refractivity (Wildman–Crippen MR) is 78.4 cm³/mol. The third kappa shape index (κ3) is 3.93. The molecule has 1 unspecified atom stereocenters. The summed E-state index contributed by atoms with van der Waals surface area (Å²) in [5.41, 5.74) is 0.553. The lowest BCUT2D eigenvalue weighted by molar-refractivity contribution is -0.0369. The second-order valence-electron chi connectivity index (χ2n) is 7.13. The van der Waals surface area contributed by atoms with E-state index < -0.39 is 0 Å². The Morgan fingerprint density at radius 1 is 1.21 bits per heavy atom. The first-order valence-corrected chi connectivity index (χ1v) is 8.33. The van der Waals surface area contributed by atoms with Gasteiger partial charge in [-0.25, -0.2) is 0 Å². The van der Waals surface area contributed by atoms with Crippen LogP contribution in [-0.4, -0.2) is 49.8 Å². The van der Waals surface area contributed by atoms with E-state index in [4.69, 9.17) is 4.74 Å². The first kappa shape index (κ1) is 13.8. The molecule has 0 aromatic carbocycles. The summed E-state index contributed by atoms with van der Waals surface area (Å²) in [5.74, 6) is 0. The zero-order valence-corrected chi connectivity index (χ0v) is 12.5. The summed E-state index contributed by atoms with van der Waals surface area (Å²) in [6, 6.07) is 0.849. The molecule has 3 nitrogen and oxygen atoms in total. The van der Waals surface area contributed by atoms with E-state index in [0.717, 1.165) is 25.7 Å². The van der Waals surface area contributed by atoms with Gasteiger partial charge in [0.25, 0.3) is 0 Å². The minimum absolute atomic E-state index is 0.422. The van der Waals surface area contributed by atoms with Gasteiger partial charge in [-0.2, -0.15) is 0 Å². The average Bonchev–Trinajstić information content (AvgIpc) is 3.22. The van der Waals surface area contributed by atoms with Gasteiger partial charge in [-0.1, -0.05) is 19.3 Å². The van der Waals surface area contributed by atoms with Crippen LogP contribution in [0.25, 0.3) is 0 Å². The van der Waals surface area contributed by atoms with Crippen molar-refractivity contribution in [2.24, 2.45) is 5.41 Å². The Morgan fingerprint density at radius 3 is 2.68 bits per heavy atom. The molecule has 1 atom stereocenters. The zero-order valence-electron chi connectivity index (χ0n) is 12.5. The van der Waals surface area contributed by atoms with Gasteiger partial charge >= 0.3 is 0 Å². The maximum Gasteiger partial charge on any atom is 0.0674 e. The molecule has 1 aliphatic heterocycles. The van der Waals surface area contributed by atoms with Crippen LogP contribution in [0.4, 0.5) is 0 Å². The highest BCUT2D eigenvalue weighted by Crippen LogP contribution is 2.37. The van der Waals surface area contributed by atoms with Crippen LogP contribution in [0, 0.1) is 5.41 Å². The molecule has 3 heteroatoms. The Hall–Kier alpha value is -0.120. The topological polar surface area (TPSA) is 24.5 Å². The molecular formula is C16H30N2O. The molecule has 0 aromatic rings. The molecule has 1 N–H and O–H groups in total. The summed E-state index contributed by atoms with van der Waals surface area (Å²) < 4.78 is 5.68. The minimum Gasteiger partial charge on any atom is -0.376 e. The fraction of sp³-hybridized carbons (Fsp3) is 1.00. The van der Waals surface area contributed by atoms with Gasteiger partial charge in [0.2, 0.25) is 0 Å². The van der Waals surface area contributed by atoms with Gasteiger partial charge in [-0.05, 0) is 38.0 Å². The van der Waals surface area contributed by atoms with Gasteiger partial charge in [-0.15, -0.1) is 0 Å². The van der Waals surface area contributed by atoms with Gasteiger partial charge in [0.15, 0.2) is 0 Å². The highest BCUT2D eigenvalue weighted by Gasteiger charge is 2.36. The molecule has 2 saturated carbocycles. The van der Waals surface area contributed by atoms with Gasteiger partial charge in [-0.3, -0.25) is 4.90 Å². The normalized spacial score (nSPS) is 32.4. The first-order valence-electron chi connectivity index (χ1n) is 8.33. The molecule has 0 radical (unpaired) electrons. The first-order chi connectivity index (χ1) is 9.26. The van der Waals surface area contributed by atoms with Crippen molar-refractivity contribution in [1.82, 2.24) is 10.2 Å². The number of ether oxygens (including phenoxy) is 1. The Labute approximate surface area is 118 Å². The molecule has 19 heavy (non-hydrogen) atoms. The molecule has 0 amide bonds. The fourth-order valence-corrected chi connectivity index (χ4v) is 3.85. The maximum atomic E-state index is 5.68. The Kier molecular flexibility index (Phi) is 4.45. The summed E-state index contributed by atoms with van der Waals surface area (Å²) in [5, 5.41) is 3.81. The number of nitrogens with one attached hydrogen (secondary N) is 1. The molecule has 1 heterocycles. The lowest BCUT2D eigenvalue weighted by Crippen LogP contribution is -2.50. The summed E-state index contributed by atoms with van der Waals surface area (Å²) in [6.45, 7) is 7.94. The van der Waals surface area contributed by atoms with E-state index in [-0.39, 0.29) is 0 Å². The average molecular weight is 266 g/mol. The van der Waals surface area contributed by atoms with Crippen molar-refractivity contribution in [3.05, 3.63) is 0 Å². The molecule has 0 spiro atoms. The smallest absolute Gasteiger partial charge is 0.0674 e. The zero-order chi connectivity index (χ0) is 13.1. The standard InChI is InChI=1S/C16H30N2O/c1-14-11-18(9-10-19-14)13-16(7-3-2-4-8-16)12-17-15-5-6-15/h14-15,17H,2-13H2,1H3. The fourth-order valence-electron chi connectivity index (χ4n) is 3.85. The van der Waals surface area contributed by atoms with E-state index in [1.54, 1.807) is 0 Å². The van der Waals surface area contributed by atoms with Gasteiger partial charge in [0.1, 0.15) is 0 Å². The van der Waals surface area contributed by atoms with E-state index in [1.165, 1.54) is 58.0 Å². The Balaban J connectivity index is 1.56. The van der Waals surface area contributed by atoms with E-state index in [0.29, 0.717) is 11.5 Å². The monoisotopic (exact) mass is 266 g/mol. The largest absolute Gasteiger partial charge is 0.376 e. The van der Waals surface area contributed by atoms with Crippen molar-refractivity contribution < 1.29 is 4.74 Å². The van der Waals surface area contributed by atoms with E-state index in [9.17, 15) is 0 Å². The van der Waals surface area contributed by atoms with Gasteiger partial charge in [0.05, 0.1) is 12.7 Å². The molecule has 0 bridgehead atoms. The van der Waals surface area contributed by atoms with Crippen LogP contribution in [0.5, 0.6) is 0 Å². The van der Waals surface area contributed by atoms with Crippen LogP contribution in [0.15, 0.2) is 0 Å². The van der Waals surface area contributed by atoms with Gasteiger partial charge in [0, 0.05) is 32.2 Å². The minimum atomic E-state index is 0.422. The molecule has 2 aliphatic carbocycles. The molecule has 3 fully saturated rings. The molecule has 1 saturated heterocycles. The van der Waals surface area contributed by atoms with Crippen molar-refractivity contribution in [3.63, 3.8) is 0 Å². The highest BCUT2D eigenvalue weighted by molar-refractivity contribution is 4.92. The summed E-state index contributed by atoms with van der Waals surface area (Å²) >= 11 is 0. The van der Waals surface area contributed by atoms with Crippen LogP contribution in [0.2, 0.25) is 0 Å². The van der Waals surface area contributed by atoms with Crippen molar-refractivity contribution in [2.75, 3.05) is 32.8 Å². The molecule has 3 aliphatic rings. The second kappa shape index (κ2) is 6.11. The van der Waals surface area contributed by atoms with Gasteiger partial charge < -0.3 is 10.1 Å². The Bertz CT molecular complexity index is 284. The molecule has 110 valence electrons. The number of rotatable bonds is 5. The quantitative estimate of drug-likeness (QED) is 0.827. The van der Waals surface area contributed by atoms with Crippen molar-refractivity contribution in [3.8, 4) is 0 Å². The molecule has 0 aromatic heterocycles.